The van der Waals surface area contributed by atoms with Gasteiger partial charge in [0.05, 0.1) is 27.9 Å². The van der Waals surface area contributed by atoms with E-state index in [-0.39, 0.29) is 28.6 Å². The quantitative estimate of drug-likeness (QED) is 0.0627. The summed E-state index contributed by atoms with van der Waals surface area (Å²) in [7, 11) is 3.90. The van der Waals surface area contributed by atoms with Gasteiger partial charge < -0.3 is 83.9 Å². The molecule has 19 nitrogen and oxygen atoms in total. The summed E-state index contributed by atoms with van der Waals surface area (Å²) in [5.41, 5.74) is 0.619. The maximum atomic E-state index is 12.5. The third-order valence-electron chi connectivity index (χ3n) is 8.01. The topological polar surface area (TPSA) is 290 Å². The first kappa shape index (κ1) is 40.1. The molecule has 4 rings (SSSR count). The van der Waals surface area contributed by atoms with Gasteiger partial charge in [-0.2, -0.15) is 0 Å². The zero-order chi connectivity index (χ0) is 38.3. The number of ether oxygens (including phenoxy) is 8. The van der Waals surface area contributed by atoms with Crippen LogP contribution in [0.5, 0.6) is 34.5 Å². The normalized spacial score (nSPS) is 29.2. The summed E-state index contributed by atoms with van der Waals surface area (Å²) in [5.74, 6) is -3.18. The molecular weight excluding hydrogens is 700 g/mol. The molecule has 2 saturated heterocycles. The summed E-state index contributed by atoms with van der Waals surface area (Å²) < 4.78 is 41.7. The predicted octanol–water partition coefficient (Wildman–Crippen LogP) is -1.73. The van der Waals surface area contributed by atoms with E-state index in [2.05, 4.69) is 0 Å². The number of hydrogen-bond acceptors (Lipinski definition) is 19. The van der Waals surface area contributed by atoms with Gasteiger partial charge in [-0.15, -0.1) is 0 Å². The van der Waals surface area contributed by atoms with Crippen molar-refractivity contribution < 1.29 is 93.4 Å². The number of rotatable bonds is 13. The Balaban J connectivity index is 1.34. The fourth-order valence-corrected chi connectivity index (χ4v) is 5.10. The molecule has 0 amide bonds. The minimum absolute atomic E-state index is 0.0807. The Morgan fingerprint density at radius 2 is 1.08 bits per heavy atom. The highest BCUT2D eigenvalue weighted by Gasteiger charge is 2.48. The van der Waals surface area contributed by atoms with E-state index in [0.29, 0.717) is 5.56 Å². The fraction of sp³-hybridized carbons (Fsp3) is 0.455. The lowest BCUT2D eigenvalue weighted by Crippen LogP contribution is -2.62. The van der Waals surface area contributed by atoms with Crippen LogP contribution in [-0.4, -0.2) is 154 Å². The number of aliphatic hydroxyl groups excluding tert-OH is 6. The van der Waals surface area contributed by atoms with Gasteiger partial charge in [-0.05, 0) is 47.5 Å². The number of aromatic hydroxyl groups is 3. The molecule has 0 spiro atoms. The highest BCUT2D eigenvalue weighted by Crippen LogP contribution is 2.38. The number of aliphatic hydroxyl groups is 6. The van der Waals surface area contributed by atoms with E-state index in [0.717, 1.165) is 18.2 Å². The number of phenolic OH excluding ortho intramolecular Hbond substituents is 3. The lowest BCUT2D eigenvalue weighted by molar-refractivity contribution is -0.326. The van der Waals surface area contributed by atoms with Gasteiger partial charge in [-0.1, -0.05) is 0 Å². The second-order valence-electron chi connectivity index (χ2n) is 11.5. The van der Waals surface area contributed by atoms with Crippen molar-refractivity contribution in [2.75, 3.05) is 34.5 Å². The van der Waals surface area contributed by atoms with Crippen LogP contribution in [0.25, 0.3) is 12.2 Å². The Bertz CT molecular complexity index is 1580. The molecule has 0 radical (unpaired) electrons. The van der Waals surface area contributed by atoms with E-state index in [4.69, 9.17) is 37.9 Å². The second kappa shape index (κ2) is 17.7. The SMILES string of the molecule is COc1cc(/C=C/C(=O)O[C@@H]2O[C@H](CO[C@@H]3O[C@H](COC(=O)/C=C/c4cc(OC)c(O)c(OC)c4)[C@@H](O)[C@H](O)[C@H]3O)[C@@H](O)[C@H](O)[C@H]2O)cc(O)c1O. The summed E-state index contributed by atoms with van der Waals surface area (Å²) >= 11 is 0. The summed E-state index contributed by atoms with van der Waals surface area (Å²) in [4.78, 5) is 24.9. The molecule has 0 bridgehead atoms. The van der Waals surface area contributed by atoms with Gasteiger partial charge >= 0.3 is 11.9 Å². The van der Waals surface area contributed by atoms with E-state index in [1.807, 2.05) is 0 Å². The van der Waals surface area contributed by atoms with Gasteiger partial charge in [0.2, 0.25) is 17.8 Å². The average Bonchev–Trinajstić information content (AvgIpc) is 3.13. The van der Waals surface area contributed by atoms with Gasteiger partial charge in [0, 0.05) is 12.2 Å². The largest absolute Gasteiger partial charge is 0.504 e. The lowest BCUT2D eigenvalue weighted by Gasteiger charge is -2.42. The van der Waals surface area contributed by atoms with Gasteiger partial charge in [0.1, 0.15) is 55.4 Å². The van der Waals surface area contributed by atoms with Crippen molar-refractivity contribution in [3.8, 4) is 34.5 Å². The van der Waals surface area contributed by atoms with E-state index in [9.17, 15) is 55.5 Å². The minimum atomic E-state index is -1.92. The van der Waals surface area contributed by atoms with Gasteiger partial charge in [0.15, 0.2) is 29.3 Å². The lowest BCUT2D eigenvalue weighted by atomic mass is 9.98. The van der Waals surface area contributed by atoms with E-state index < -0.39 is 98.1 Å². The first-order chi connectivity index (χ1) is 24.7. The second-order valence-corrected chi connectivity index (χ2v) is 11.5. The number of carbonyl (C=O) groups is 2. The maximum Gasteiger partial charge on any atom is 0.333 e. The molecule has 0 aliphatic carbocycles. The molecule has 2 fully saturated rings. The van der Waals surface area contributed by atoms with Crippen LogP contribution in [-0.2, 0) is 33.3 Å². The zero-order valence-electron chi connectivity index (χ0n) is 27.9. The number of phenols is 3. The van der Waals surface area contributed by atoms with Crippen LogP contribution in [0.4, 0.5) is 0 Å². The van der Waals surface area contributed by atoms with E-state index in [1.165, 1.54) is 51.7 Å². The van der Waals surface area contributed by atoms with Gasteiger partial charge in [-0.3, -0.25) is 0 Å². The number of carbonyl (C=O) groups excluding carboxylic acids is 2. The van der Waals surface area contributed by atoms with Gasteiger partial charge in [-0.25, -0.2) is 9.59 Å². The van der Waals surface area contributed by atoms with Crippen molar-refractivity contribution in [2.24, 2.45) is 0 Å². The first-order valence-corrected chi connectivity index (χ1v) is 15.5. The number of esters is 2. The molecule has 19 heteroatoms. The van der Waals surface area contributed by atoms with Crippen molar-refractivity contribution >= 4 is 24.1 Å². The van der Waals surface area contributed by atoms with Crippen molar-refractivity contribution in [1.82, 2.24) is 0 Å². The van der Waals surface area contributed by atoms with Crippen molar-refractivity contribution in [1.29, 1.82) is 0 Å². The molecule has 2 aliphatic heterocycles. The molecule has 0 aromatic heterocycles. The number of methoxy groups -OCH3 is 3. The molecule has 2 aromatic carbocycles. The minimum Gasteiger partial charge on any atom is -0.504 e. The molecule has 52 heavy (non-hydrogen) atoms. The molecule has 2 aliphatic rings. The number of benzene rings is 2. The van der Waals surface area contributed by atoms with Gasteiger partial charge in [0.25, 0.3) is 0 Å². The summed E-state index contributed by atoms with van der Waals surface area (Å²) in [5, 5.41) is 92.2. The predicted molar refractivity (Wildman–Crippen MR) is 172 cm³/mol. The van der Waals surface area contributed by atoms with Crippen LogP contribution in [0.2, 0.25) is 0 Å². The summed E-state index contributed by atoms with van der Waals surface area (Å²) in [6.45, 7) is -1.30. The molecule has 0 saturated carbocycles. The van der Waals surface area contributed by atoms with Crippen LogP contribution in [0.1, 0.15) is 11.1 Å². The number of hydrogen-bond donors (Lipinski definition) is 9. The Morgan fingerprint density at radius 3 is 1.63 bits per heavy atom. The third kappa shape index (κ3) is 9.39. The summed E-state index contributed by atoms with van der Waals surface area (Å²) in [6, 6.07) is 5.28. The van der Waals surface area contributed by atoms with Crippen molar-refractivity contribution in [3.63, 3.8) is 0 Å². The van der Waals surface area contributed by atoms with Crippen LogP contribution >= 0.6 is 0 Å². The summed E-state index contributed by atoms with van der Waals surface area (Å²) in [6.07, 6.45) is -13.1. The first-order valence-electron chi connectivity index (χ1n) is 15.5. The molecule has 2 heterocycles. The highest BCUT2D eigenvalue weighted by atomic mass is 16.7. The molecular formula is C33H40O19. The fourth-order valence-electron chi connectivity index (χ4n) is 5.10. The Hall–Kier alpha value is -4.70. The Labute approximate surface area is 295 Å². The maximum absolute atomic E-state index is 12.5. The van der Waals surface area contributed by atoms with Crippen LogP contribution < -0.4 is 14.2 Å². The van der Waals surface area contributed by atoms with E-state index in [1.54, 1.807) is 0 Å². The molecule has 0 unspecified atom stereocenters. The Kier molecular flexibility index (Phi) is 13.6. The van der Waals surface area contributed by atoms with Crippen LogP contribution in [0.3, 0.4) is 0 Å². The standard InChI is InChI=1S/C33H40O19/c1-45-17-9-14(8-16(34)24(17)37)5-7-23(36)52-33-31(44)29(42)27(40)21(51-33)13-49-32-30(43)28(41)26(39)20(50-32)12-48-22(35)6-4-15-10-18(46-2)25(38)19(11-15)47-3/h4-11,20-21,26-34,37-44H,12-13H2,1-3H3/b6-4+,7-5+/t20-,21-,26-,27-,28+,29+,30-,31-,32-,33+/m1/s1. The Morgan fingerprint density at radius 1 is 0.615 bits per heavy atom. The molecule has 9 N–H and O–H groups in total. The monoisotopic (exact) mass is 740 g/mol. The van der Waals surface area contributed by atoms with Crippen LogP contribution in [0, 0.1) is 0 Å². The molecule has 2 aromatic rings. The van der Waals surface area contributed by atoms with E-state index >= 15 is 0 Å². The van der Waals surface area contributed by atoms with Crippen LogP contribution in [0.15, 0.2) is 36.4 Å². The average molecular weight is 741 g/mol. The van der Waals surface area contributed by atoms with Crippen molar-refractivity contribution in [3.05, 3.63) is 47.5 Å². The molecule has 10 atom stereocenters. The van der Waals surface area contributed by atoms with Crippen molar-refractivity contribution in [2.45, 2.75) is 61.4 Å². The highest BCUT2D eigenvalue weighted by molar-refractivity contribution is 5.88. The zero-order valence-corrected chi connectivity index (χ0v) is 27.9. The smallest absolute Gasteiger partial charge is 0.333 e. The third-order valence-corrected chi connectivity index (χ3v) is 8.01. The molecule has 286 valence electrons.